The third kappa shape index (κ3) is 6.76. The molecule has 2 heterocycles. The number of unbranched alkanes of at least 4 members (excludes halogenated alkanes) is 9. The number of fused-ring (bicyclic) bond motifs is 2. The summed E-state index contributed by atoms with van der Waals surface area (Å²) in [5.74, 6) is -0.876. The lowest BCUT2D eigenvalue weighted by atomic mass is 10.0. The first-order chi connectivity index (χ1) is 15.1. The van der Waals surface area contributed by atoms with Crippen LogP contribution in [0.2, 0.25) is 0 Å². The standard InChI is InChI=1S/C25H37N3O2S/c1-3-5-7-9-10-11-13-15-20(14-12-8-6-4-2)28-26-21-16-19-17-24(25(29)30)31-23(19)18-22(21)27-28/h16-18,20H,3-15H2,1-2H3,(H,29,30). The van der Waals surface area contributed by atoms with Gasteiger partial charge >= 0.3 is 5.97 Å². The van der Waals surface area contributed by atoms with Crippen LogP contribution in [-0.4, -0.2) is 26.1 Å². The lowest BCUT2D eigenvalue weighted by Crippen LogP contribution is -2.12. The summed E-state index contributed by atoms with van der Waals surface area (Å²) in [6.45, 7) is 4.51. The molecule has 3 rings (SSSR count). The van der Waals surface area contributed by atoms with Crippen molar-refractivity contribution in [2.75, 3.05) is 0 Å². The van der Waals surface area contributed by atoms with Gasteiger partial charge in [-0.15, -0.1) is 11.3 Å². The molecule has 3 aromatic rings. The second-order valence-corrected chi connectivity index (χ2v) is 9.81. The molecule has 0 saturated carbocycles. The third-order valence-electron chi connectivity index (χ3n) is 6.10. The molecular formula is C25H37N3O2S. The SMILES string of the molecule is CCCCCCCCCC(CCCCCC)n1nc2cc3cc(C(=O)O)sc3cc2n1. The molecular weight excluding hydrogens is 406 g/mol. The molecule has 0 spiro atoms. The van der Waals surface area contributed by atoms with Crippen molar-refractivity contribution < 1.29 is 9.90 Å². The molecule has 1 N–H and O–H groups in total. The Labute approximate surface area is 189 Å². The number of hydrogen-bond donors (Lipinski definition) is 1. The molecule has 0 aliphatic carbocycles. The summed E-state index contributed by atoms with van der Waals surface area (Å²) >= 11 is 1.31. The number of thiophene rings is 1. The second-order valence-electron chi connectivity index (χ2n) is 8.73. The van der Waals surface area contributed by atoms with Crippen LogP contribution in [0.1, 0.15) is 113 Å². The lowest BCUT2D eigenvalue weighted by Gasteiger charge is -2.16. The lowest BCUT2D eigenvalue weighted by molar-refractivity contribution is 0.0702. The predicted octanol–water partition coefficient (Wildman–Crippen LogP) is 8.00. The maximum Gasteiger partial charge on any atom is 0.345 e. The highest BCUT2D eigenvalue weighted by atomic mass is 32.1. The summed E-state index contributed by atoms with van der Waals surface area (Å²) in [7, 11) is 0. The van der Waals surface area contributed by atoms with Crippen LogP contribution in [0.4, 0.5) is 0 Å². The minimum Gasteiger partial charge on any atom is -0.477 e. The Hall–Kier alpha value is -1.95. The first-order valence-electron chi connectivity index (χ1n) is 12.2. The van der Waals surface area contributed by atoms with Crippen LogP contribution in [0, 0.1) is 0 Å². The average Bonchev–Trinajstić information content (AvgIpc) is 3.36. The van der Waals surface area contributed by atoms with E-state index < -0.39 is 5.97 Å². The smallest absolute Gasteiger partial charge is 0.345 e. The van der Waals surface area contributed by atoms with Gasteiger partial charge in [0.1, 0.15) is 15.9 Å². The van der Waals surface area contributed by atoms with Gasteiger partial charge in [0.2, 0.25) is 0 Å². The minimum atomic E-state index is -0.876. The Morgan fingerprint density at radius 2 is 1.42 bits per heavy atom. The number of aromatic nitrogens is 3. The molecule has 0 aliphatic heterocycles. The summed E-state index contributed by atoms with van der Waals surface area (Å²) in [5.41, 5.74) is 1.73. The molecule has 31 heavy (non-hydrogen) atoms. The Bertz CT molecular complexity index is 911. The zero-order valence-electron chi connectivity index (χ0n) is 19.1. The summed E-state index contributed by atoms with van der Waals surface area (Å²) < 4.78 is 0.962. The van der Waals surface area contributed by atoms with E-state index in [1.165, 1.54) is 82.0 Å². The Morgan fingerprint density at radius 3 is 2.03 bits per heavy atom. The minimum absolute atomic E-state index is 0.354. The average molecular weight is 444 g/mol. The van der Waals surface area contributed by atoms with Gasteiger partial charge in [-0.2, -0.15) is 15.0 Å². The topological polar surface area (TPSA) is 68.0 Å². The van der Waals surface area contributed by atoms with Gasteiger partial charge in [0, 0.05) is 4.70 Å². The maximum absolute atomic E-state index is 11.3. The summed E-state index contributed by atoms with van der Waals surface area (Å²) in [4.78, 5) is 13.6. The maximum atomic E-state index is 11.3. The van der Waals surface area contributed by atoms with Crippen molar-refractivity contribution in [3.8, 4) is 0 Å². The molecule has 0 aliphatic rings. The van der Waals surface area contributed by atoms with Gasteiger partial charge in [-0.3, -0.25) is 0 Å². The fourth-order valence-electron chi connectivity index (χ4n) is 4.26. The molecule has 0 radical (unpaired) electrons. The van der Waals surface area contributed by atoms with E-state index in [2.05, 4.69) is 13.8 Å². The van der Waals surface area contributed by atoms with Crippen LogP contribution in [0.25, 0.3) is 21.1 Å². The van der Waals surface area contributed by atoms with Crippen LogP contribution >= 0.6 is 11.3 Å². The number of rotatable bonds is 15. The van der Waals surface area contributed by atoms with Crippen molar-refractivity contribution in [3.63, 3.8) is 0 Å². The Morgan fingerprint density at radius 1 is 0.871 bits per heavy atom. The van der Waals surface area contributed by atoms with Crippen molar-refractivity contribution in [2.24, 2.45) is 0 Å². The van der Waals surface area contributed by atoms with E-state index in [4.69, 9.17) is 10.2 Å². The number of carbonyl (C=O) groups is 1. The summed E-state index contributed by atoms with van der Waals surface area (Å²) in [5, 5.41) is 19.8. The van der Waals surface area contributed by atoms with Crippen molar-refractivity contribution in [1.82, 2.24) is 15.0 Å². The quantitative estimate of drug-likeness (QED) is 0.242. The van der Waals surface area contributed by atoms with Crippen LogP contribution in [0.3, 0.4) is 0 Å². The first kappa shape index (κ1) is 23.7. The molecule has 6 heteroatoms. The third-order valence-corrected chi connectivity index (χ3v) is 7.19. The van der Waals surface area contributed by atoms with E-state index in [0.29, 0.717) is 10.9 Å². The number of carboxylic acids is 1. The summed E-state index contributed by atoms with van der Waals surface area (Å²) in [6.07, 6.45) is 16.6. The van der Waals surface area contributed by atoms with Crippen LogP contribution < -0.4 is 0 Å². The Kier molecular flexibility index (Phi) is 9.31. The van der Waals surface area contributed by atoms with E-state index in [0.717, 1.165) is 34.0 Å². The monoisotopic (exact) mass is 443 g/mol. The number of aromatic carboxylic acids is 1. The molecule has 0 amide bonds. The van der Waals surface area contributed by atoms with Gasteiger partial charge in [-0.1, -0.05) is 84.5 Å². The number of hydrogen-bond acceptors (Lipinski definition) is 4. The van der Waals surface area contributed by atoms with E-state index in [1.54, 1.807) is 6.07 Å². The molecule has 1 aromatic carbocycles. The molecule has 1 atom stereocenters. The van der Waals surface area contributed by atoms with E-state index in [9.17, 15) is 9.90 Å². The van der Waals surface area contributed by atoms with Gasteiger partial charge in [-0.25, -0.2) is 4.79 Å². The second kappa shape index (κ2) is 12.2. The molecule has 0 fully saturated rings. The van der Waals surface area contributed by atoms with Gasteiger partial charge in [0.25, 0.3) is 0 Å². The largest absolute Gasteiger partial charge is 0.477 e. The summed E-state index contributed by atoms with van der Waals surface area (Å²) in [6, 6.07) is 6.07. The first-order valence-corrected chi connectivity index (χ1v) is 13.0. The Balaban J connectivity index is 1.68. The number of nitrogens with zero attached hydrogens (tertiary/aromatic N) is 3. The van der Waals surface area contributed by atoms with E-state index in [1.807, 2.05) is 16.9 Å². The zero-order valence-corrected chi connectivity index (χ0v) is 19.9. The normalized spacial score (nSPS) is 12.7. The van der Waals surface area contributed by atoms with Crippen LogP contribution in [0.5, 0.6) is 0 Å². The fourth-order valence-corrected chi connectivity index (χ4v) is 5.17. The fraction of sp³-hybridized carbons (Fsp3) is 0.640. The number of carboxylic acid groups (broad SMARTS) is 1. The highest BCUT2D eigenvalue weighted by molar-refractivity contribution is 7.20. The van der Waals surface area contributed by atoms with Crippen molar-refractivity contribution >= 4 is 38.4 Å². The van der Waals surface area contributed by atoms with E-state index >= 15 is 0 Å². The van der Waals surface area contributed by atoms with Crippen LogP contribution in [-0.2, 0) is 0 Å². The molecule has 0 saturated heterocycles. The number of benzene rings is 1. The highest BCUT2D eigenvalue weighted by Gasteiger charge is 2.16. The van der Waals surface area contributed by atoms with Gasteiger partial charge in [0.15, 0.2) is 0 Å². The molecule has 0 bridgehead atoms. The van der Waals surface area contributed by atoms with Gasteiger partial charge in [-0.05, 0) is 36.4 Å². The molecule has 2 aromatic heterocycles. The van der Waals surface area contributed by atoms with Crippen molar-refractivity contribution in [2.45, 2.75) is 103 Å². The van der Waals surface area contributed by atoms with Gasteiger partial charge < -0.3 is 5.11 Å². The highest BCUT2D eigenvalue weighted by Crippen LogP contribution is 2.30. The van der Waals surface area contributed by atoms with Crippen molar-refractivity contribution in [1.29, 1.82) is 0 Å². The zero-order chi connectivity index (χ0) is 22.1. The van der Waals surface area contributed by atoms with Gasteiger partial charge in [0.05, 0.1) is 6.04 Å². The van der Waals surface area contributed by atoms with Crippen molar-refractivity contribution in [3.05, 3.63) is 23.1 Å². The van der Waals surface area contributed by atoms with Crippen LogP contribution in [0.15, 0.2) is 18.2 Å². The predicted molar refractivity (Wildman–Crippen MR) is 130 cm³/mol. The van der Waals surface area contributed by atoms with E-state index in [-0.39, 0.29) is 0 Å². The molecule has 170 valence electrons. The molecule has 1 unspecified atom stereocenters. The molecule has 5 nitrogen and oxygen atoms in total.